The zero-order valence-electron chi connectivity index (χ0n) is 9.12. The summed E-state index contributed by atoms with van der Waals surface area (Å²) in [5, 5.41) is 12.8. The highest BCUT2D eigenvalue weighted by Gasteiger charge is 2.38. The van der Waals surface area contributed by atoms with Gasteiger partial charge in [0.05, 0.1) is 6.54 Å². The summed E-state index contributed by atoms with van der Waals surface area (Å²) >= 11 is 0. The molecule has 0 radical (unpaired) electrons. The molecule has 7 heteroatoms. The molecule has 1 N–H and O–H groups in total. The molecule has 0 saturated carbocycles. The van der Waals surface area contributed by atoms with Crippen molar-refractivity contribution in [1.29, 1.82) is 0 Å². The van der Waals surface area contributed by atoms with Gasteiger partial charge in [-0.15, -0.1) is 0 Å². The van der Waals surface area contributed by atoms with E-state index in [2.05, 4.69) is 10.1 Å². The predicted molar refractivity (Wildman–Crippen MR) is 50.8 cm³/mol. The van der Waals surface area contributed by atoms with E-state index in [4.69, 9.17) is 5.11 Å². The number of rotatable bonds is 4. The standard InChI is InChI=1S/C9H14F3N3O/c1-3-7-13-8(4-2)15(14-7)5-6(16)9(10,11)12/h6,16H,3-5H2,1-2H3. The Morgan fingerprint density at radius 2 is 1.94 bits per heavy atom. The number of nitrogens with zero attached hydrogens (tertiary/aromatic N) is 3. The monoisotopic (exact) mass is 237 g/mol. The van der Waals surface area contributed by atoms with Crippen LogP contribution in [0.4, 0.5) is 13.2 Å². The maximum Gasteiger partial charge on any atom is 0.416 e. The first-order chi connectivity index (χ1) is 7.38. The SMILES string of the molecule is CCc1nc(CC)n(CC(O)C(F)(F)F)n1. The van der Waals surface area contributed by atoms with E-state index in [-0.39, 0.29) is 0 Å². The Kier molecular flexibility index (Phi) is 3.90. The van der Waals surface area contributed by atoms with Gasteiger partial charge in [0, 0.05) is 12.8 Å². The first kappa shape index (κ1) is 13.0. The van der Waals surface area contributed by atoms with Crippen LogP contribution >= 0.6 is 0 Å². The van der Waals surface area contributed by atoms with Gasteiger partial charge >= 0.3 is 6.18 Å². The van der Waals surface area contributed by atoms with Crippen LogP contribution in [0, 0.1) is 0 Å². The molecule has 1 atom stereocenters. The molecule has 0 saturated heterocycles. The quantitative estimate of drug-likeness (QED) is 0.859. The number of aliphatic hydroxyl groups excluding tert-OH is 1. The van der Waals surface area contributed by atoms with Gasteiger partial charge in [-0.25, -0.2) is 9.67 Å². The van der Waals surface area contributed by atoms with Gasteiger partial charge in [-0.1, -0.05) is 13.8 Å². The summed E-state index contributed by atoms with van der Waals surface area (Å²) in [6, 6.07) is 0. The number of aromatic nitrogens is 3. The van der Waals surface area contributed by atoms with E-state index in [1.165, 1.54) is 0 Å². The van der Waals surface area contributed by atoms with Crippen LogP contribution in [0.5, 0.6) is 0 Å². The molecule has 1 aromatic heterocycles. The summed E-state index contributed by atoms with van der Waals surface area (Å²) in [5.41, 5.74) is 0. The van der Waals surface area contributed by atoms with Crippen LogP contribution in [-0.2, 0) is 19.4 Å². The highest BCUT2D eigenvalue weighted by molar-refractivity contribution is 4.93. The minimum absolute atomic E-state index is 0.458. The molecule has 16 heavy (non-hydrogen) atoms. The van der Waals surface area contributed by atoms with E-state index in [1.807, 2.05) is 6.92 Å². The highest BCUT2D eigenvalue weighted by Crippen LogP contribution is 2.21. The van der Waals surface area contributed by atoms with Crippen LogP contribution in [-0.4, -0.2) is 32.2 Å². The zero-order valence-corrected chi connectivity index (χ0v) is 9.12. The number of hydrogen-bond acceptors (Lipinski definition) is 3. The molecule has 1 heterocycles. The van der Waals surface area contributed by atoms with E-state index in [1.54, 1.807) is 6.92 Å². The first-order valence-electron chi connectivity index (χ1n) is 5.05. The third kappa shape index (κ3) is 2.94. The second-order valence-corrected chi connectivity index (χ2v) is 3.39. The number of halogens is 3. The van der Waals surface area contributed by atoms with Gasteiger partial charge in [0.2, 0.25) is 0 Å². The van der Waals surface area contributed by atoms with E-state index < -0.39 is 18.8 Å². The van der Waals surface area contributed by atoms with Crippen molar-refractivity contribution in [3.63, 3.8) is 0 Å². The van der Waals surface area contributed by atoms with Gasteiger partial charge < -0.3 is 5.11 Å². The molecule has 0 spiro atoms. The molecule has 0 bridgehead atoms. The van der Waals surface area contributed by atoms with Crippen LogP contribution in [0.25, 0.3) is 0 Å². The number of aliphatic hydroxyl groups is 1. The fourth-order valence-corrected chi connectivity index (χ4v) is 1.25. The van der Waals surface area contributed by atoms with Crippen molar-refractivity contribution in [2.24, 2.45) is 0 Å². The van der Waals surface area contributed by atoms with Crippen LogP contribution < -0.4 is 0 Å². The number of hydrogen-bond donors (Lipinski definition) is 1. The zero-order chi connectivity index (χ0) is 12.3. The summed E-state index contributed by atoms with van der Waals surface area (Å²) in [6.07, 6.45) is -5.98. The molecule has 1 unspecified atom stereocenters. The Morgan fingerprint density at radius 1 is 1.31 bits per heavy atom. The number of aryl methyl sites for hydroxylation is 2. The Bertz CT molecular complexity index is 348. The smallest absolute Gasteiger partial charge is 0.382 e. The average molecular weight is 237 g/mol. The summed E-state index contributed by atoms with van der Waals surface area (Å²) in [6.45, 7) is 3.00. The van der Waals surface area contributed by atoms with Gasteiger partial charge in [0.15, 0.2) is 11.9 Å². The molecular weight excluding hydrogens is 223 g/mol. The molecular formula is C9H14F3N3O. The minimum Gasteiger partial charge on any atom is -0.382 e. The van der Waals surface area contributed by atoms with Crippen LogP contribution in [0.1, 0.15) is 25.5 Å². The minimum atomic E-state index is -4.62. The van der Waals surface area contributed by atoms with Crippen molar-refractivity contribution in [2.45, 2.75) is 45.5 Å². The van der Waals surface area contributed by atoms with Crippen molar-refractivity contribution >= 4 is 0 Å². The van der Waals surface area contributed by atoms with E-state index >= 15 is 0 Å². The lowest BCUT2D eigenvalue weighted by Gasteiger charge is -2.14. The summed E-state index contributed by atoms with van der Waals surface area (Å²) < 4.78 is 37.6. The van der Waals surface area contributed by atoms with Gasteiger partial charge in [-0.2, -0.15) is 18.3 Å². The predicted octanol–water partition coefficient (Wildman–Crippen LogP) is 1.33. The van der Waals surface area contributed by atoms with Crippen molar-refractivity contribution in [3.8, 4) is 0 Å². The third-order valence-electron chi connectivity index (χ3n) is 2.15. The van der Waals surface area contributed by atoms with Gasteiger partial charge in [-0.05, 0) is 0 Å². The Balaban J connectivity index is 2.83. The van der Waals surface area contributed by atoms with Gasteiger partial charge in [0.1, 0.15) is 5.82 Å². The molecule has 0 fully saturated rings. The van der Waals surface area contributed by atoms with E-state index in [0.717, 1.165) is 4.68 Å². The molecule has 4 nitrogen and oxygen atoms in total. The second kappa shape index (κ2) is 4.82. The lowest BCUT2D eigenvalue weighted by molar-refractivity contribution is -0.208. The lowest BCUT2D eigenvalue weighted by Crippen LogP contribution is -2.33. The molecule has 1 aromatic rings. The van der Waals surface area contributed by atoms with Crippen molar-refractivity contribution in [3.05, 3.63) is 11.6 Å². The van der Waals surface area contributed by atoms with E-state index in [0.29, 0.717) is 24.5 Å². The lowest BCUT2D eigenvalue weighted by atomic mass is 10.3. The van der Waals surface area contributed by atoms with Crippen LogP contribution in [0.15, 0.2) is 0 Å². The normalized spacial score (nSPS) is 14.1. The fourth-order valence-electron chi connectivity index (χ4n) is 1.25. The van der Waals surface area contributed by atoms with Gasteiger partial charge in [0.25, 0.3) is 0 Å². The summed E-state index contributed by atoms with van der Waals surface area (Å²) in [4.78, 5) is 4.06. The highest BCUT2D eigenvalue weighted by atomic mass is 19.4. The molecule has 0 aliphatic heterocycles. The van der Waals surface area contributed by atoms with Crippen molar-refractivity contribution in [1.82, 2.24) is 14.8 Å². The maximum absolute atomic E-state index is 12.1. The van der Waals surface area contributed by atoms with Crippen LogP contribution in [0.2, 0.25) is 0 Å². The first-order valence-corrected chi connectivity index (χ1v) is 5.05. The third-order valence-corrected chi connectivity index (χ3v) is 2.15. The fraction of sp³-hybridized carbons (Fsp3) is 0.778. The summed E-state index contributed by atoms with van der Waals surface area (Å²) in [7, 11) is 0. The molecule has 92 valence electrons. The Hall–Kier alpha value is -1.11. The Morgan fingerprint density at radius 3 is 2.38 bits per heavy atom. The maximum atomic E-state index is 12.1. The topological polar surface area (TPSA) is 50.9 Å². The average Bonchev–Trinajstić information content (AvgIpc) is 2.59. The molecule has 0 aliphatic rings. The number of alkyl halides is 3. The Labute approximate surface area is 91.1 Å². The second-order valence-electron chi connectivity index (χ2n) is 3.39. The molecule has 0 amide bonds. The summed E-state index contributed by atoms with van der Waals surface area (Å²) in [5.74, 6) is 0.950. The molecule has 0 aliphatic carbocycles. The van der Waals surface area contributed by atoms with Crippen molar-refractivity contribution in [2.75, 3.05) is 0 Å². The molecule has 1 rings (SSSR count). The van der Waals surface area contributed by atoms with Gasteiger partial charge in [-0.3, -0.25) is 0 Å². The largest absolute Gasteiger partial charge is 0.416 e. The van der Waals surface area contributed by atoms with E-state index in [9.17, 15) is 13.2 Å². The van der Waals surface area contributed by atoms with Crippen LogP contribution in [0.3, 0.4) is 0 Å². The van der Waals surface area contributed by atoms with Crippen molar-refractivity contribution < 1.29 is 18.3 Å². The molecule has 0 aromatic carbocycles.